The number of nitrogens with two attached hydrogens (primary N) is 1. The molecule has 5 heteroatoms. The maximum absolute atomic E-state index is 5.66. The molecule has 94 valence electrons. The molecular weight excluding hydrogens is 218 g/mol. The highest BCUT2D eigenvalue weighted by molar-refractivity contribution is 5.46. The van der Waals surface area contributed by atoms with Gasteiger partial charge < -0.3 is 20.1 Å². The monoisotopic (exact) mass is 237 g/mol. The van der Waals surface area contributed by atoms with Gasteiger partial charge in [0.05, 0.1) is 11.9 Å². The molecular formula is C12H19N3O2. The molecule has 1 aliphatic rings. The van der Waals surface area contributed by atoms with Gasteiger partial charge in [-0.1, -0.05) is 0 Å². The molecule has 0 radical (unpaired) electrons. The van der Waals surface area contributed by atoms with E-state index >= 15 is 0 Å². The number of ether oxygens (including phenoxy) is 2. The number of hydrogen-bond acceptors (Lipinski definition) is 5. The van der Waals surface area contributed by atoms with Crippen molar-refractivity contribution in [3.05, 3.63) is 18.3 Å². The number of nitrogens with zero attached hydrogens (tertiary/aromatic N) is 2. The molecule has 17 heavy (non-hydrogen) atoms. The van der Waals surface area contributed by atoms with Gasteiger partial charge in [-0.15, -0.1) is 0 Å². The Kier molecular flexibility index (Phi) is 3.81. The summed E-state index contributed by atoms with van der Waals surface area (Å²) < 4.78 is 11.1. The minimum absolute atomic E-state index is 0.106. The van der Waals surface area contributed by atoms with Crippen LogP contribution in [-0.2, 0) is 9.47 Å². The van der Waals surface area contributed by atoms with Gasteiger partial charge in [-0.05, 0) is 19.1 Å². The third-order valence-electron chi connectivity index (χ3n) is 2.99. The Labute approximate surface area is 102 Å². The Morgan fingerprint density at radius 1 is 1.41 bits per heavy atom. The quantitative estimate of drug-likeness (QED) is 0.843. The lowest BCUT2D eigenvalue weighted by Gasteiger charge is -2.16. The summed E-state index contributed by atoms with van der Waals surface area (Å²) in [6.07, 6.45) is 1.89. The fraction of sp³-hybridized carbons (Fsp3) is 0.583. The average Bonchev–Trinajstić information content (AvgIpc) is 2.74. The van der Waals surface area contributed by atoms with Crippen molar-refractivity contribution in [2.24, 2.45) is 0 Å². The lowest BCUT2D eigenvalue weighted by molar-refractivity contribution is -0.0232. The highest BCUT2D eigenvalue weighted by atomic mass is 16.5. The van der Waals surface area contributed by atoms with Crippen LogP contribution in [0, 0.1) is 0 Å². The Morgan fingerprint density at radius 3 is 2.76 bits per heavy atom. The maximum atomic E-state index is 5.66. The molecule has 0 bridgehead atoms. The lowest BCUT2D eigenvalue weighted by Crippen LogP contribution is -2.28. The summed E-state index contributed by atoms with van der Waals surface area (Å²) in [5.74, 6) is 0.920. The average molecular weight is 237 g/mol. The summed E-state index contributed by atoms with van der Waals surface area (Å²) in [5, 5.41) is 0. The second-order valence-electron chi connectivity index (χ2n) is 4.12. The molecule has 1 fully saturated rings. The van der Waals surface area contributed by atoms with Crippen molar-refractivity contribution in [2.45, 2.75) is 19.1 Å². The second kappa shape index (κ2) is 5.33. The largest absolute Gasteiger partial charge is 0.397 e. The first-order valence-electron chi connectivity index (χ1n) is 5.85. The molecule has 2 atom stereocenters. The standard InChI is InChI=1S/C12H19N3O2/c1-3-17-11-8-15(7-10(11)16-2)12-5-4-9(13)6-14-12/h4-6,10-11H,3,7-8,13H2,1-2H3/t10-,11+/m1/s1. The van der Waals surface area contributed by atoms with E-state index in [2.05, 4.69) is 9.88 Å². The minimum Gasteiger partial charge on any atom is -0.397 e. The molecule has 2 rings (SSSR count). The summed E-state index contributed by atoms with van der Waals surface area (Å²) >= 11 is 0. The van der Waals surface area contributed by atoms with Crippen LogP contribution in [0.5, 0.6) is 0 Å². The van der Waals surface area contributed by atoms with Crippen molar-refractivity contribution in [1.29, 1.82) is 0 Å². The summed E-state index contributed by atoms with van der Waals surface area (Å²) in [5.41, 5.74) is 6.30. The summed E-state index contributed by atoms with van der Waals surface area (Å²) in [7, 11) is 1.72. The smallest absolute Gasteiger partial charge is 0.128 e. The Balaban J connectivity index is 2.06. The topological polar surface area (TPSA) is 60.6 Å². The van der Waals surface area contributed by atoms with E-state index in [9.17, 15) is 0 Å². The van der Waals surface area contributed by atoms with Gasteiger partial charge in [-0.2, -0.15) is 0 Å². The number of hydrogen-bond donors (Lipinski definition) is 1. The zero-order chi connectivity index (χ0) is 12.3. The molecule has 1 aliphatic heterocycles. The van der Waals surface area contributed by atoms with Crippen molar-refractivity contribution in [2.75, 3.05) is 37.4 Å². The van der Waals surface area contributed by atoms with Gasteiger partial charge >= 0.3 is 0 Å². The van der Waals surface area contributed by atoms with Crippen LogP contribution in [0.2, 0.25) is 0 Å². The first kappa shape index (κ1) is 12.1. The molecule has 2 heterocycles. The maximum Gasteiger partial charge on any atom is 0.128 e. The van der Waals surface area contributed by atoms with E-state index in [0.717, 1.165) is 18.9 Å². The fourth-order valence-corrected chi connectivity index (χ4v) is 2.12. The predicted molar refractivity (Wildman–Crippen MR) is 67.1 cm³/mol. The van der Waals surface area contributed by atoms with Crippen molar-refractivity contribution < 1.29 is 9.47 Å². The number of methoxy groups -OCH3 is 1. The van der Waals surface area contributed by atoms with Crippen LogP contribution >= 0.6 is 0 Å². The van der Waals surface area contributed by atoms with Crippen LogP contribution in [0.3, 0.4) is 0 Å². The van der Waals surface area contributed by atoms with Crippen molar-refractivity contribution in [1.82, 2.24) is 4.98 Å². The van der Waals surface area contributed by atoms with Crippen molar-refractivity contribution in [3.8, 4) is 0 Å². The molecule has 0 saturated carbocycles. The SMILES string of the molecule is CCO[C@H]1CN(c2ccc(N)cn2)C[C@H]1OC. The third-order valence-corrected chi connectivity index (χ3v) is 2.99. The van der Waals surface area contributed by atoms with Crippen LogP contribution in [0.1, 0.15) is 6.92 Å². The molecule has 1 aromatic rings. The van der Waals surface area contributed by atoms with E-state index in [0.29, 0.717) is 12.3 Å². The van der Waals surface area contributed by atoms with Gasteiger partial charge in [0.15, 0.2) is 0 Å². The van der Waals surface area contributed by atoms with E-state index in [-0.39, 0.29) is 12.2 Å². The first-order chi connectivity index (χ1) is 8.24. The number of anilines is 2. The number of pyridine rings is 1. The number of rotatable bonds is 4. The van der Waals surface area contributed by atoms with Gasteiger partial charge in [0, 0.05) is 26.8 Å². The summed E-state index contributed by atoms with van der Waals surface area (Å²) in [4.78, 5) is 6.47. The zero-order valence-corrected chi connectivity index (χ0v) is 10.3. The Morgan fingerprint density at radius 2 is 2.18 bits per heavy atom. The molecule has 0 aromatic carbocycles. The highest BCUT2D eigenvalue weighted by Gasteiger charge is 2.33. The van der Waals surface area contributed by atoms with Crippen LogP contribution in [0.4, 0.5) is 11.5 Å². The van der Waals surface area contributed by atoms with Gasteiger partial charge in [0.25, 0.3) is 0 Å². The van der Waals surface area contributed by atoms with Gasteiger partial charge in [-0.3, -0.25) is 0 Å². The van der Waals surface area contributed by atoms with Crippen LogP contribution in [0.25, 0.3) is 0 Å². The Hall–Kier alpha value is -1.33. The highest BCUT2D eigenvalue weighted by Crippen LogP contribution is 2.22. The van der Waals surface area contributed by atoms with Gasteiger partial charge in [0.1, 0.15) is 18.0 Å². The molecule has 5 nitrogen and oxygen atoms in total. The molecule has 0 aliphatic carbocycles. The van der Waals surface area contributed by atoms with E-state index in [4.69, 9.17) is 15.2 Å². The predicted octanol–water partition coefficient (Wildman–Crippen LogP) is 0.904. The van der Waals surface area contributed by atoms with E-state index in [1.807, 2.05) is 19.1 Å². The van der Waals surface area contributed by atoms with E-state index in [1.54, 1.807) is 13.3 Å². The van der Waals surface area contributed by atoms with Crippen LogP contribution < -0.4 is 10.6 Å². The van der Waals surface area contributed by atoms with Crippen LogP contribution in [0.15, 0.2) is 18.3 Å². The van der Waals surface area contributed by atoms with Gasteiger partial charge in [-0.25, -0.2) is 4.98 Å². The lowest BCUT2D eigenvalue weighted by atomic mass is 10.2. The summed E-state index contributed by atoms with van der Waals surface area (Å²) in [6, 6.07) is 3.79. The first-order valence-corrected chi connectivity index (χ1v) is 5.85. The van der Waals surface area contributed by atoms with Gasteiger partial charge in [0.2, 0.25) is 0 Å². The van der Waals surface area contributed by atoms with Crippen molar-refractivity contribution >= 4 is 11.5 Å². The minimum atomic E-state index is 0.106. The zero-order valence-electron chi connectivity index (χ0n) is 10.3. The molecule has 2 N–H and O–H groups in total. The van der Waals surface area contributed by atoms with E-state index < -0.39 is 0 Å². The fourth-order valence-electron chi connectivity index (χ4n) is 2.12. The van der Waals surface area contributed by atoms with Crippen LogP contribution in [-0.4, -0.2) is 44.0 Å². The summed E-state index contributed by atoms with van der Waals surface area (Å²) in [6.45, 7) is 4.31. The molecule has 0 spiro atoms. The molecule has 0 unspecified atom stereocenters. The molecule has 1 saturated heterocycles. The molecule has 1 aromatic heterocycles. The number of aromatic nitrogens is 1. The van der Waals surface area contributed by atoms with E-state index in [1.165, 1.54) is 0 Å². The van der Waals surface area contributed by atoms with Crippen molar-refractivity contribution in [3.63, 3.8) is 0 Å². The number of nitrogen functional groups attached to an aromatic ring is 1. The Bertz CT molecular complexity index is 355. The molecule has 0 amide bonds. The third kappa shape index (κ3) is 2.68. The second-order valence-corrected chi connectivity index (χ2v) is 4.12. The normalized spacial score (nSPS) is 24.2.